The van der Waals surface area contributed by atoms with Crippen LogP contribution in [0.15, 0.2) is 35.1 Å². The van der Waals surface area contributed by atoms with Crippen LogP contribution in [0.4, 0.5) is 5.82 Å². The summed E-state index contributed by atoms with van der Waals surface area (Å²) in [6.07, 6.45) is 5.71. The van der Waals surface area contributed by atoms with Crippen molar-refractivity contribution in [3.8, 4) is 11.5 Å². The Morgan fingerprint density at radius 1 is 1.15 bits per heavy atom. The Labute approximate surface area is 158 Å². The average Bonchev–Trinajstić information content (AvgIpc) is 3.44. The van der Waals surface area contributed by atoms with Crippen molar-refractivity contribution < 1.29 is 0 Å². The van der Waals surface area contributed by atoms with Crippen LogP contribution in [0.2, 0.25) is 0 Å². The van der Waals surface area contributed by atoms with Crippen molar-refractivity contribution in [2.24, 2.45) is 0 Å². The number of hydrogen-bond acceptors (Lipinski definition) is 4. The van der Waals surface area contributed by atoms with Crippen LogP contribution in [0.25, 0.3) is 11.5 Å². The Balaban J connectivity index is 1.64. The number of anilines is 1. The lowest BCUT2D eigenvalue weighted by Crippen LogP contribution is -2.31. The van der Waals surface area contributed by atoms with Crippen molar-refractivity contribution in [2.75, 3.05) is 5.32 Å². The number of nitrogens with zero attached hydrogens (tertiary/aromatic N) is 4. The quantitative estimate of drug-likeness (QED) is 0.766. The minimum absolute atomic E-state index is 0.0168. The van der Waals surface area contributed by atoms with Gasteiger partial charge in [0.1, 0.15) is 17.3 Å². The maximum atomic E-state index is 13.2. The lowest BCUT2D eigenvalue weighted by molar-refractivity contribution is 0.568. The normalized spacial score (nSPS) is 19.5. The first-order valence-electron chi connectivity index (χ1n) is 10.1. The number of aromatic nitrogens is 4. The van der Waals surface area contributed by atoms with Gasteiger partial charge in [0, 0.05) is 12.5 Å². The molecule has 6 heteroatoms. The molecule has 4 aliphatic rings. The second kappa shape index (κ2) is 6.51. The Kier molecular flexibility index (Phi) is 3.99. The van der Waals surface area contributed by atoms with Gasteiger partial charge in [-0.1, -0.05) is 50.1 Å². The van der Waals surface area contributed by atoms with E-state index in [1.807, 2.05) is 27.3 Å². The first-order chi connectivity index (χ1) is 13.3. The third-order valence-electron chi connectivity index (χ3n) is 5.92. The standard InChI is InChI=1S/C21H25N5O/c1-2-12-25-20-17(23-18(24-20)15-10-6-7-11-15)19-22-16(13-26(19)21(25)27)14-8-4-3-5-9-14/h3-5,8-9,15-16,22H,2,6-7,10-13H2,1H3/t16-/m0/s1. The molecule has 1 aromatic rings. The predicted molar refractivity (Wildman–Crippen MR) is 105 cm³/mol. The highest BCUT2D eigenvalue weighted by Gasteiger charge is 2.33. The summed E-state index contributed by atoms with van der Waals surface area (Å²) in [5.74, 6) is 2.93. The van der Waals surface area contributed by atoms with E-state index in [4.69, 9.17) is 9.97 Å². The summed E-state index contributed by atoms with van der Waals surface area (Å²) in [5.41, 5.74) is 2.05. The molecule has 0 saturated heterocycles. The summed E-state index contributed by atoms with van der Waals surface area (Å²) in [6.45, 7) is 3.40. The number of benzene rings is 1. The first kappa shape index (κ1) is 16.5. The molecule has 27 heavy (non-hydrogen) atoms. The van der Waals surface area contributed by atoms with Crippen molar-refractivity contribution in [3.63, 3.8) is 0 Å². The second-order valence-electron chi connectivity index (χ2n) is 7.74. The van der Waals surface area contributed by atoms with Crippen LogP contribution in [-0.2, 0) is 13.1 Å². The van der Waals surface area contributed by atoms with Crippen LogP contribution in [0.1, 0.15) is 62.4 Å². The molecule has 1 aliphatic carbocycles. The van der Waals surface area contributed by atoms with Gasteiger partial charge in [-0.05, 0) is 24.8 Å². The fraction of sp³-hybridized carbons (Fsp3) is 0.476. The number of imidazole rings is 1. The van der Waals surface area contributed by atoms with Crippen molar-refractivity contribution in [2.45, 2.75) is 64.1 Å². The average molecular weight is 363 g/mol. The molecule has 1 N–H and O–H groups in total. The lowest BCUT2D eigenvalue weighted by Gasteiger charge is -2.13. The van der Waals surface area contributed by atoms with E-state index in [2.05, 4.69) is 24.4 Å². The summed E-state index contributed by atoms with van der Waals surface area (Å²) in [5, 5.41) is 3.55. The van der Waals surface area contributed by atoms with E-state index in [0.717, 1.165) is 42.4 Å². The number of hydrogen-bond donors (Lipinski definition) is 1. The van der Waals surface area contributed by atoms with E-state index in [1.165, 1.54) is 18.4 Å². The molecule has 140 valence electrons. The van der Waals surface area contributed by atoms with Crippen molar-refractivity contribution in [1.82, 2.24) is 19.1 Å². The molecule has 0 radical (unpaired) electrons. The minimum atomic E-state index is 0.0168. The van der Waals surface area contributed by atoms with Gasteiger partial charge in [0.2, 0.25) is 0 Å². The van der Waals surface area contributed by atoms with Gasteiger partial charge < -0.3 is 5.32 Å². The SMILES string of the molecule is CCCn1c2nc(C3CCCC3)nc-2c2n(c1=O)C[C@@H](c1ccccc1)N2. The zero-order valence-corrected chi connectivity index (χ0v) is 15.7. The van der Waals surface area contributed by atoms with Crippen LogP contribution in [0.3, 0.4) is 0 Å². The van der Waals surface area contributed by atoms with Gasteiger partial charge in [0.15, 0.2) is 5.82 Å². The number of fused-ring (bicyclic) bond motifs is 3. The Morgan fingerprint density at radius 2 is 1.93 bits per heavy atom. The molecule has 0 aromatic heterocycles. The maximum absolute atomic E-state index is 13.2. The molecule has 3 aliphatic heterocycles. The van der Waals surface area contributed by atoms with Crippen molar-refractivity contribution >= 4 is 5.82 Å². The largest absolute Gasteiger partial charge is 0.361 e. The second-order valence-corrected chi connectivity index (χ2v) is 7.74. The van der Waals surface area contributed by atoms with Crippen LogP contribution >= 0.6 is 0 Å². The molecule has 0 unspecified atom stereocenters. The molecule has 1 saturated carbocycles. The Bertz CT molecular complexity index is 984. The molecule has 6 nitrogen and oxygen atoms in total. The van der Waals surface area contributed by atoms with Crippen molar-refractivity contribution in [1.29, 1.82) is 0 Å². The molecule has 0 bridgehead atoms. The third-order valence-corrected chi connectivity index (χ3v) is 5.92. The molecule has 5 rings (SSSR count). The highest BCUT2D eigenvalue weighted by Crippen LogP contribution is 2.39. The van der Waals surface area contributed by atoms with Crippen LogP contribution in [0.5, 0.6) is 0 Å². The van der Waals surface area contributed by atoms with Crippen LogP contribution < -0.4 is 11.0 Å². The number of nitrogens with one attached hydrogen (secondary N) is 1. The van der Waals surface area contributed by atoms with Crippen LogP contribution in [0, 0.1) is 0 Å². The molecular formula is C21H25N5O. The summed E-state index contributed by atoms with van der Waals surface area (Å²) >= 11 is 0. The monoisotopic (exact) mass is 363 g/mol. The van der Waals surface area contributed by atoms with Gasteiger partial charge in [-0.2, -0.15) is 0 Å². The van der Waals surface area contributed by atoms with Gasteiger partial charge in [-0.3, -0.25) is 9.13 Å². The zero-order chi connectivity index (χ0) is 18.4. The topological polar surface area (TPSA) is 64.7 Å². The van der Waals surface area contributed by atoms with Gasteiger partial charge in [-0.15, -0.1) is 0 Å². The predicted octanol–water partition coefficient (Wildman–Crippen LogP) is 3.78. The highest BCUT2D eigenvalue weighted by molar-refractivity contribution is 5.70. The summed E-state index contributed by atoms with van der Waals surface area (Å²) in [4.78, 5) is 23.0. The fourth-order valence-corrected chi connectivity index (χ4v) is 4.53. The summed E-state index contributed by atoms with van der Waals surface area (Å²) < 4.78 is 3.67. The summed E-state index contributed by atoms with van der Waals surface area (Å²) in [7, 11) is 0. The van der Waals surface area contributed by atoms with E-state index >= 15 is 0 Å². The maximum Gasteiger partial charge on any atom is 0.331 e. The lowest BCUT2D eigenvalue weighted by atomic mass is 10.1. The molecule has 0 amide bonds. The molecule has 0 spiro atoms. The minimum Gasteiger partial charge on any atom is -0.361 e. The molecule has 1 fully saturated rings. The van der Waals surface area contributed by atoms with E-state index in [9.17, 15) is 4.79 Å². The van der Waals surface area contributed by atoms with Crippen LogP contribution in [-0.4, -0.2) is 19.1 Å². The molecule has 1 atom stereocenters. The molecule has 3 heterocycles. The van der Waals surface area contributed by atoms with E-state index in [1.54, 1.807) is 0 Å². The Hall–Kier alpha value is -2.63. The molecule has 1 aromatic carbocycles. The van der Waals surface area contributed by atoms with E-state index < -0.39 is 0 Å². The molecular weight excluding hydrogens is 338 g/mol. The third kappa shape index (κ3) is 2.66. The van der Waals surface area contributed by atoms with Gasteiger partial charge in [0.25, 0.3) is 0 Å². The van der Waals surface area contributed by atoms with Gasteiger partial charge >= 0.3 is 5.69 Å². The van der Waals surface area contributed by atoms with Gasteiger partial charge in [-0.25, -0.2) is 14.8 Å². The fourth-order valence-electron chi connectivity index (χ4n) is 4.53. The van der Waals surface area contributed by atoms with E-state index in [0.29, 0.717) is 19.0 Å². The summed E-state index contributed by atoms with van der Waals surface area (Å²) in [6, 6.07) is 10.4. The Morgan fingerprint density at radius 3 is 2.67 bits per heavy atom. The zero-order valence-electron chi connectivity index (χ0n) is 15.7. The number of rotatable bonds is 4. The van der Waals surface area contributed by atoms with Crippen molar-refractivity contribution in [3.05, 3.63) is 52.2 Å². The smallest absolute Gasteiger partial charge is 0.331 e. The first-order valence-corrected chi connectivity index (χ1v) is 10.1. The highest BCUT2D eigenvalue weighted by atomic mass is 16.1. The van der Waals surface area contributed by atoms with E-state index in [-0.39, 0.29) is 11.7 Å². The van der Waals surface area contributed by atoms with Gasteiger partial charge in [0.05, 0.1) is 12.6 Å².